The summed E-state index contributed by atoms with van der Waals surface area (Å²) in [4.78, 5) is 12.4. The minimum absolute atomic E-state index is 0.145. The Hall–Kier alpha value is -1.35. The number of Topliss-reactive ketones (excluding diaryl/α,β-unsaturated/α-hetero) is 1. The van der Waals surface area contributed by atoms with Gasteiger partial charge in [0.05, 0.1) is 12.2 Å². The third-order valence-corrected chi connectivity index (χ3v) is 3.32. The summed E-state index contributed by atoms with van der Waals surface area (Å²) >= 11 is 0. The zero-order valence-electron chi connectivity index (χ0n) is 10.2. The monoisotopic (exact) mass is 233 g/mol. The van der Waals surface area contributed by atoms with Crippen molar-refractivity contribution in [3.8, 4) is 5.75 Å². The second-order valence-corrected chi connectivity index (χ2v) is 4.66. The van der Waals surface area contributed by atoms with Crippen molar-refractivity contribution < 1.29 is 9.53 Å². The predicted octanol–water partition coefficient (Wildman–Crippen LogP) is 2.40. The van der Waals surface area contributed by atoms with Gasteiger partial charge in [-0.05, 0) is 31.4 Å². The third kappa shape index (κ3) is 2.34. The molecular formula is C14H19NO2. The Labute approximate surface area is 102 Å². The third-order valence-electron chi connectivity index (χ3n) is 3.32. The molecule has 1 saturated carbocycles. The quantitative estimate of drug-likeness (QED) is 0.768. The van der Waals surface area contributed by atoms with E-state index < -0.39 is 0 Å². The van der Waals surface area contributed by atoms with Crippen molar-refractivity contribution in [2.75, 3.05) is 13.2 Å². The number of para-hydroxylation sites is 1. The Bertz CT molecular complexity index is 410. The maximum Gasteiger partial charge on any atom is 0.173 e. The highest BCUT2D eigenvalue weighted by Crippen LogP contribution is 2.48. The average molecular weight is 233 g/mol. The van der Waals surface area contributed by atoms with Crippen LogP contribution in [0.4, 0.5) is 0 Å². The van der Waals surface area contributed by atoms with Crippen LogP contribution in [0.5, 0.6) is 5.75 Å². The number of nitrogens with two attached hydrogens (primary N) is 1. The smallest absolute Gasteiger partial charge is 0.173 e. The summed E-state index contributed by atoms with van der Waals surface area (Å²) in [6, 6.07) is 7.46. The Balaban J connectivity index is 2.22. The highest BCUT2D eigenvalue weighted by Gasteiger charge is 2.49. The van der Waals surface area contributed by atoms with Crippen molar-refractivity contribution in [2.45, 2.75) is 26.2 Å². The van der Waals surface area contributed by atoms with Crippen LogP contribution in [0.15, 0.2) is 24.3 Å². The summed E-state index contributed by atoms with van der Waals surface area (Å²) in [5.41, 5.74) is 6.08. The molecule has 0 saturated heterocycles. The van der Waals surface area contributed by atoms with Crippen LogP contribution in [0, 0.1) is 5.41 Å². The van der Waals surface area contributed by atoms with Crippen molar-refractivity contribution in [3.63, 3.8) is 0 Å². The Morgan fingerprint density at radius 2 is 2.12 bits per heavy atom. The highest BCUT2D eigenvalue weighted by atomic mass is 16.5. The molecule has 2 rings (SSSR count). The molecule has 92 valence electrons. The summed E-state index contributed by atoms with van der Waals surface area (Å²) in [5, 5.41) is 0. The number of rotatable bonds is 6. The van der Waals surface area contributed by atoms with E-state index in [0.717, 1.165) is 19.3 Å². The van der Waals surface area contributed by atoms with Gasteiger partial charge < -0.3 is 10.5 Å². The minimum Gasteiger partial charge on any atom is -0.493 e. The molecule has 1 aliphatic carbocycles. The standard InChI is InChI=1S/C14H19NO2/c1-2-9-17-12-6-4-3-5-11(12)13(16)14(10-15)7-8-14/h3-6H,2,7-10,15H2,1H3. The van der Waals surface area contributed by atoms with Gasteiger partial charge in [0.15, 0.2) is 5.78 Å². The molecule has 1 aliphatic rings. The Kier molecular flexibility index (Phi) is 3.48. The molecule has 0 atom stereocenters. The van der Waals surface area contributed by atoms with Crippen LogP contribution in [0.1, 0.15) is 36.5 Å². The molecule has 3 heteroatoms. The van der Waals surface area contributed by atoms with Crippen molar-refractivity contribution >= 4 is 5.78 Å². The second kappa shape index (κ2) is 4.88. The average Bonchev–Trinajstić information content (AvgIpc) is 3.17. The van der Waals surface area contributed by atoms with E-state index in [0.29, 0.717) is 24.5 Å². The molecule has 1 aromatic rings. The minimum atomic E-state index is -0.300. The molecule has 1 aromatic carbocycles. The topological polar surface area (TPSA) is 52.3 Å². The van der Waals surface area contributed by atoms with Gasteiger partial charge in [0.1, 0.15) is 5.75 Å². The van der Waals surface area contributed by atoms with Gasteiger partial charge in [-0.25, -0.2) is 0 Å². The van der Waals surface area contributed by atoms with Crippen LogP contribution >= 0.6 is 0 Å². The van der Waals surface area contributed by atoms with Crippen molar-refractivity contribution in [1.29, 1.82) is 0 Å². The van der Waals surface area contributed by atoms with E-state index >= 15 is 0 Å². The number of carbonyl (C=O) groups excluding carboxylic acids is 1. The van der Waals surface area contributed by atoms with Crippen molar-refractivity contribution in [3.05, 3.63) is 29.8 Å². The normalized spacial score (nSPS) is 16.6. The largest absolute Gasteiger partial charge is 0.493 e. The fourth-order valence-corrected chi connectivity index (χ4v) is 1.95. The fourth-order valence-electron chi connectivity index (χ4n) is 1.95. The summed E-state index contributed by atoms with van der Waals surface area (Å²) in [7, 11) is 0. The molecule has 0 unspecified atom stereocenters. The van der Waals surface area contributed by atoms with E-state index in [-0.39, 0.29) is 11.2 Å². The molecule has 0 heterocycles. The lowest BCUT2D eigenvalue weighted by Crippen LogP contribution is -2.25. The van der Waals surface area contributed by atoms with Crippen LogP contribution in [-0.2, 0) is 0 Å². The van der Waals surface area contributed by atoms with Gasteiger partial charge in [-0.3, -0.25) is 4.79 Å². The zero-order chi connectivity index (χ0) is 12.3. The summed E-state index contributed by atoms with van der Waals surface area (Å²) < 4.78 is 5.61. The number of hydrogen-bond donors (Lipinski definition) is 1. The number of benzene rings is 1. The lowest BCUT2D eigenvalue weighted by molar-refractivity contribution is 0.0901. The maximum atomic E-state index is 12.4. The van der Waals surface area contributed by atoms with Gasteiger partial charge in [-0.15, -0.1) is 0 Å². The molecule has 0 bridgehead atoms. The Morgan fingerprint density at radius 3 is 2.71 bits per heavy atom. The van der Waals surface area contributed by atoms with Gasteiger partial charge >= 0.3 is 0 Å². The number of carbonyl (C=O) groups is 1. The zero-order valence-corrected chi connectivity index (χ0v) is 10.2. The molecule has 0 radical (unpaired) electrons. The first-order chi connectivity index (χ1) is 8.23. The molecule has 0 amide bonds. The van der Waals surface area contributed by atoms with Gasteiger partial charge in [0.2, 0.25) is 0 Å². The first-order valence-corrected chi connectivity index (χ1v) is 6.20. The van der Waals surface area contributed by atoms with Crippen LogP contribution in [0.2, 0.25) is 0 Å². The van der Waals surface area contributed by atoms with Crippen molar-refractivity contribution in [1.82, 2.24) is 0 Å². The van der Waals surface area contributed by atoms with Crippen LogP contribution < -0.4 is 10.5 Å². The second-order valence-electron chi connectivity index (χ2n) is 4.66. The number of ketones is 1. The van der Waals surface area contributed by atoms with Crippen molar-refractivity contribution in [2.24, 2.45) is 11.1 Å². The molecular weight excluding hydrogens is 214 g/mol. The first kappa shape index (κ1) is 12.1. The van der Waals surface area contributed by atoms with Crippen LogP contribution in [0.3, 0.4) is 0 Å². The SMILES string of the molecule is CCCOc1ccccc1C(=O)C1(CN)CC1. The van der Waals surface area contributed by atoms with Crippen LogP contribution in [-0.4, -0.2) is 18.9 Å². The van der Waals surface area contributed by atoms with E-state index in [1.807, 2.05) is 31.2 Å². The van der Waals surface area contributed by atoms with E-state index in [4.69, 9.17) is 10.5 Å². The molecule has 17 heavy (non-hydrogen) atoms. The van der Waals surface area contributed by atoms with Gasteiger partial charge in [0.25, 0.3) is 0 Å². The lowest BCUT2D eigenvalue weighted by atomic mass is 9.94. The fraction of sp³-hybridized carbons (Fsp3) is 0.500. The Morgan fingerprint density at radius 1 is 1.41 bits per heavy atom. The summed E-state index contributed by atoms with van der Waals surface area (Å²) in [5.74, 6) is 0.839. The molecule has 0 spiro atoms. The molecule has 0 aromatic heterocycles. The highest BCUT2D eigenvalue weighted by molar-refractivity contribution is 6.04. The number of hydrogen-bond acceptors (Lipinski definition) is 3. The van der Waals surface area contributed by atoms with E-state index in [2.05, 4.69) is 0 Å². The van der Waals surface area contributed by atoms with E-state index in [1.54, 1.807) is 0 Å². The summed E-state index contributed by atoms with van der Waals surface area (Å²) in [6.45, 7) is 3.13. The summed E-state index contributed by atoms with van der Waals surface area (Å²) in [6.07, 6.45) is 2.75. The maximum absolute atomic E-state index is 12.4. The molecule has 2 N–H and O–H groups in total. The first-order valence-electron chi connectivity index (χ1n) is 6.20. The van der Waals surface area contributed by atoms with Crippen LogP contribution in [0.25, 0.3) is 0 Å². The molecule has 1 fully saturated rings. The number of ether oxygens (including phenoxy) is 1. The van der Waals surface area contributed by atoms with Gasteiger partial charge in [-0.1, -0.05) is 19.1 Å². The van der Waals surface area contributed by atoms with E-state index in [9.17, 15) is 4.79 Å². The predicted molar refractivity (Wildman–Crippen MR) is 67.3 cm³/mol. The molecule has 3 nitrogen and oxygen atoms in total. The van der Waals surface area contributed by atoms with Gasteiger partial charge in [-0.2, -0.15) is 0 Å². The molecule has 0 aliphatic heterocycles. The van der Waals surface area contributed by atoms with E-state index in [1.165, 1.54) is 0 Å². The van der Waals surface area contributed by atoms with Gasteiger partial charge in [0, 0.05) is 12.0 Å². The lowest BCUT2D eigenvalue weighted by Gasteiger charge is -2.14.